The molecule has 6 heteroatoms. The molecule has 2 aromatic rings. The van der Waals surface area contributed by atoms with Crippen molar-refractivity contribution in [2.75, 3.05) is 41.7 Å². The van der Waals surface area contributed by atoms with Gasteiger partial charge in [-0.2, -0.15) is 0 Å². The molecule has 2 heterocycles. The summed E-state index contributed by atoms with van der Waals surface area (Å²) in [4.78, 5) is 7.89. The average Bonchev–Trinajstić information content (AvgIpc) is 2.48. The smallest absolute Gasteiger partial charge is 0.168 e. The number of hydrogen-bond donors (Lipinski definition) is 1. The van der Waals surface area contributed by atoms with Crippen LogP contribution < -0.4 is 15.5 Å². The predicted molar refractivity (Wildman–Crippen MR) is 79.4 cm³/mol. The van der Waals surface area contributed by atoms with E-state index < -0.39 is 11.6 Å². The Balaban J connectivity index is 1.68. The molecule has 0 aliphatic carbocycles. The summed E-state index contributed by atoms with van der Waals surface area (Å²) < 4.78 is 26.6. The Bertz CT molecular complexity index is 622. The van der Waals surface area contributed by atoms with Crippen molar-refractivity contribution in [3.05, 3.63) is 48.2 Å². The molecule has 3 rings (SSSR count). The Labute approximate surface area is 121 Å². The number of benzene rings is 1. The Morgan fingerprint density at radius 2 is 1.57 bits per heavy atom. The number of nitrogens with zero attached hydrogens (tertiary/aromatic N) is 3. The molecule has 1 aliphatic heterocycles. The normalized spacial score (nSPS) is 15.3. The van der Waals surface area contributed by atoms with Gasteiger partial charge in [0, 0.05) is 43.6 Å². The number of aromatic nitrogens is 1. The SMILES string of the molecule is Nc1ccc(N2CCN(c3ncc(F)cc3F)CC2)cc1. The molecule has 4 nitrogen and oxygen atoms in total. The maximum Gasteiger partial charge on any atom is 0.168 e. The maximum atomic E-state index is 13.7. The van der Waals surface area contributed by atoms with Crippen LogP contribution in [0.25, 0.3) is 0 Å². The molecule has 0 amide bonds. The molecule has 1 aliphatic rings. The molecule has 0 atom stereocenters. The van der Waals surface area contributed by atoms with Gasteiger partial charge < -0.3 is 15.5 Å². The molecule has 1 aromatic carbocycles. The van der Waals surface area contributed by atoms with Crippen LogP contribution in [0.15, 0.2) is 36.5 Å². The lowest BCUT2D eigenvalue weighted by Crippen LogP contribution is -2.47. The van der Waals surface area contributed by atoms with Crippen molar-refractivity contribution in [1.82, 2.24) is 4.98 Å². The summed E-state index contributed by atoms with van der Waals surface area (Å²) in [7, 11) is 0. The van der Waals surface area contributed by atoms with Crippen LogP contribution in [0.1, 0.15) is 0 Å². The summed E-state index contributed by atoms with van der Waals surface area (Å²) in [5.41, 5.74) is 7.50. The fourth-order valence-corrected chi connectivity index (χ4v) is 2.50. The second kappa shape index (κ2) is 5.55. The third-order valence-corrected chi connectivity index (χ3v) is 3.63. The van der Waals surface area contributed by atoms with Gasteiger partial charge in [-0.15, -0.1) is 0 Å². The number of anilines is 3. The molecule has 0 bridgehead atoms. The highest BCUT2D eigenvalue weighted by Gasteiger charge is 2.21. The van der Waals surface area contributed by atoms with Crippen LogP contribution in [-0.2, 0) is 0 Å². The van der Waals surface area contributed by atoms with Gasteiger partial charge in [0.25, 0.3) is 0 Å². The van der Waals surface area contributed by atoms with E-state index in [9.17, 15) is 8.78 Å². The van der Waals surface area contributed by atoms with Crippen molar-refractivity contribution in [2.24, 2.45) is 0 Å². The van der Waals surface area contributed by atoms with Crippen LogP contribution in [0.4, 0.5) is 26.0 Å². The highest BCUT2D eigenvalue weighted by atomic mass is 19.1. The van der Waals surface area contributed by atoms with Gasteiger partial charge in [-0.25, -0.2) is 13.8 Å². The highest BCUT2D eigenvalue weighted by molar-refractivity contribution is 5.54. The second-order valence-electron chi connectivity index (χ2n) is 5.02. The first kappa shape index (κ1) is 13.6. The number of rotatable bonds is 2. The van der Waals surface area contributed by atoms with Crippen molar-refractivity contribution in [1.29, 1.82) is 0 Å². The monoisotopic (exact) mass is 290 g/mol. The number of nitrogen functional groups attached to an aromatic ring is 1. The van der Waals surface area contributed by atoms with Gasteiger partial charge in [0.2, 0.25) is 0 Å². The molecule has 110 valence electrons. The Kier molecular flexibility index (Phi) is 3.60. The quantitative estimate of drug-likeness (QED) is 0.862. The maximum absolute atomic E-state index is 13.7. The first-order valence-electron chi connectivity index (χ1n) is 6.80. The van der Waals surface area contributed by atoms with Gasteiger partial charge in [0.05, 0.1) is 6.20 Å². The van der Waals surface area contributed by atoms with Gasteiger partial charge in [0.15, 0.2) is 11.6 Å². The van der Waals surface area contributed by atoms with E-state index in [1.165, 1.54) is 0 Å². The standard InChI is InChI=1S/C15H16F2N4/c16-11-9-14(17)15(19-10-11)21-7-5-20(6-8-21)13-3-1-12(18)2-4-13/h1-4,9-10H,5-8,18H2. The molecule has 2 N–H and O–H groups in total. The number of pyridine rings is 1. The minimum Gasteiger partial charge on any atom is -0.399 e. The van der Waals surface area contributed by atoms with Gasteiger partial charge in [0.1, 0.15) is 5.82 Å². The van der Waals surface area contributed by atoms with Crippen molar-refractivity contribution in [3.8, 4) is 0 Å². The van der Waals surface area contributed by atoms with Crippen LogP contribution in [-0.4, -0.2) is 31.2 Å². The van der Waals surface area contributed by atoms with Crippen molar-refractivity contribution >= 4 is 17.2 Å². The van der Waals surface area contributed by atoms with Crippen LogP contribution in [0.3, 0.4) is 0 Å². The second-order valence-corrected chi connectivity index (χ2v) is 5.02. The van der Waals surface area contributed by atoms with E-state index in [2.05, 4.69) is 9.88 Å². The summed E-state index contributed by atoms with van der Waals surface area (Å²) >= 11 is 0. The first-order valence-corrected chi connectivity index (χ1v) is 6.80. The van der Waals surface area contributed by atoms with Gasteiger partial charge >= 0.3 is 0 Å². The fourth-order valence-electron chi connectivity index (χ4n) is 2.50. The number of piperazine rings is 1. The van der Waals surface area contributed by atoms with Gasteiger partial charge in [-0.1, -0.05) is 0 Å². The Hall–Kier alpha value is -2.37. The van der Waals surface area contributed by atoms with Crippen LogP contribution in [0.5, 0.6) is 0 Å². The fraction of sp³-hybridized carbons (Fsp3) is 0.267. The van der Waals surface area contributed by atoms with E-state index in [1.807, 2.05) is 29.2 Å². The van der Waals surface area contributed by atoms with E-state index in [0.717, 1.165) is 36.7 Å². The van der Waals surface area contributed by atoms with E-state index in [0.29, 0.717) is 13.1 Å². The number of nitrogens with two attached hydrogens (primary N) is 1. The third kappa shape index (κ3) is 2.89. The lowest BCUT2D eigenvalue weighted by Gasteiger charge is -2.36. The lowest BCUT2D eigenvalue weighted by atomic mass is 10.2. The van der Waals surface area contributed by atoms with E-state index in [-0.39, 0.29) is 5.82 Å². The zero-order valence-corrected chi connectivity index (χ0v) is 11.5. The molecule has 0 radical (unpaired) electrons. The topological polar surface area (TPSA) is 45.4 Å². The zero-order valence-electron chi connectivity index (χ0n) is 11.5. The number of hydrogen-bond acceptors (Lipinski definition) is 4. The molecule has 1 fully saturated rings. The molecule has 0 unspecified atom stereocenters. The molecule has 0 saturated carbocycles. The van der Waals surface area contributed by atoms with Gasteiger partial charge in [-0.3, -0.25) is 0 Å². The summed E-state index contributed by atoms with van der Waals surface area (Å²) in [6.07, 6.45) is 1.05. The lowest BCUT2D eigenvalue weighted by molar-refractivity contribution is 0.558. The molecule has 0 spiro atoms. The van der Waals surface area contributed by atoms with Crippen molar-refractivity contribution < 1.29 is 8.78 Å². The zero-order chi connectivity index (χ0) is 14.8. The highest BCUT2D eigenvalue weighted by Crippen LogP contribution is 2.22. The Morgan fingerprint density at radius 1 is 0.952 bits per heavy atom. The Morgan fingerprint density at radius 3 is 2.19 bits per heavy atom. The summed E-state index contributed by atoms with van der Waals surface area (Å²) in [5.74, 6) is -1.05. The molecular formula is C15H16F2N4. The summed E-state index contributed by atoms with van der Waals surface area (Å²) in [5, 5.41) is 0. The first-order chi connectivity index (χ1) is 10.1. The van der Waals surface area contributed by atoms with E-state index >= 15 is 0 Å². The average molecular weight is 290 g/mol. The van der Waals surface area contributed by atoms with Crippen molar-refractivity contribution in [3.63, 3.8) is 0 Å². The van der Waals surface area contributed by atoms with Crippen LogP contribution in [0.2, 0.25) is 0 Å². The predicted octanol–water partition coefficient (Wildman–Crippen LogP) is 2.27. The minimum atomic E-state index is -0.656. The van der Waals surface area contributed by atoms with E-state index in [1.54, 1.807) is 0 Å². The van der Waals surface area contributed by atoms with E-state index in [4.69, 9.17) is 5.73 Å². The number of halogens is 2. The summed E-state index contributed by atoms with van der Waals surface area (Å²) in [6.45, 7) is 2.78. The molecular weight excluding hydrogens is 274 g/mol. The largest absolute Gasteiger partial charge is 0.399 e. The van der Waals surface area contributed by atoms with Crippen molar-refractivity contribution in [2.45, 2.75) is 0 Å². The summed E-state index contributed by atoms with van der Waals surface area (Å²) in [6, 6.07) is 8.55. The van der Waals surface area contributed by atoms with Crippen LogP contribution in [0, 0.1) is 11.6 Å². The molecule has 1 saturated heterocycles. The molecule has 1 aromatic heterocycles. The minimum absolute atomic E-state index is 0.216. The molecule has 21 heavy (non-hydrogen) atoms. The van der Waals surface area contributed by atoms with Gasteiger partial charge in [-0.05, 0) is 24.3 Å². The third-order valence-electron chi connectivity index (χ3n) is 3.63. The van der Waals surface area contributed by atoms with Crippen LogP contribution >= 0.6 is 0 Å².